The van der Waals surface area contributed by atoms with Gasteiger partial charge in [-0.1, -0.05) is 50.2 Å². The summed E-state index contributed by atoms with van der Waals surface area (Å²) in [5.41, 5.74) is 4.04. The monoisotopic (exact) mass is 297 g/mol. The van der Waals surface area contributed by atoms with Crippen LogP contribution in [0.5, 0.6) is 0 Å². The molecule has 0 saturated heterocycles. The summed E-state index contributed by atoms with van der Waals surface area (Å²) in [6.07, 6.45) is 0. The minimum atomic E-state index is -0.931. The van der Waals surface area contributed by atoms with Crippen LogP contribution in [-0.2, 0) is 22.3 Å². The van der Waals surface area contributed by atoms with Crippen LogP contribution in [0.15, 0.2) is 48.5 Å². The molecule has 2 rings (SSSR count). The molecule has 0 saturated carbocycles. The first-order valence-corrected chi connectivity index (χ1v) is 8.50. The van der Waals surface area contributed by atoms with E-state index >= 15 is 0 Å². The van der Waals surface area contributed by atoms with E-state index in [-0.39, 0.29) is 0 Å². The van der Waals surface area contributed by atoms with Gasteiger partial charge in [0.1, 0.15) is 0 Å². The highest BCUT2D eigenvalue weighted by Crippen LogP contribution is 2.16. The lowest BCUT2D eigenvalue weighted by atomic mass is 10.0. The van der Waals surface area contributed by atoms with Gasteiger partial charge in [0.15, 0.2) is 0 Å². The fraction of sp³-hybridized carbons (Fsp3) is 0.278. The molecule has 2 aromatic carbocycles. The molecule has 0 aliphatic heterocycles. The zero-order valence-corrected chi connectivity index (χ0v) is 13.2. The summed E-state index contributed by atoms with van der Waals surface area (Å²) in [5, 5.41) is 8.76. The maximum absolute atomic E-state index is 12.2. The maximum atomic E-state index is 12.2. The van der Waals surface area contributed by atoms with Gasteiger partial charge >= 0.3 is 0 Å². The van der Waals surface area contributed by atoms with Crippen molar-refractivity contribution in [3.63, 3.8) is 0 Å². The van der Waals surface area contributed by atoms with Crippen LogP contribution >= 0.6 is 0 Å². The Morgan fingerprint density at radius 2 is 1.43 bits per heavy atom. The van der Waals surface area contributed by atoms with Gasteiger partial charge in [0.05, 0.1) is 11.6 Å². The van der Waals surface area contributed by atoms with E-state index in [1.165, 1.54) is 5.56 Å². The molecule has 0 amide bonds. The molecule has 1 atom stereocenters. The number of nitriles is 1. The summed E-state index contributed by atoms with van der Waals surface area (Å²) >= 11 is 0. The Bertz CT molecular complexity index is 651. The second-order valence-electron chi connectivity index (χ2n) is 5.43. The van der Waals surface area contributed by atoms with E-state index in [2.05, 4.69) is 44.2 Å². The lowest BCUT2D eigenvalue weighted by molar-refractivity contribution is 0.682. The van der Waals surface area contributed by atoms with Crippen molar-refractivity contribution in [1.29, 1.82) is 5.26 Å². The van der Waals surface area contributed by atoms with Gasteiger partial charge in [-0.3, -0.25) is 4.21 Å². The molecular weight excluding hydrogens is 278 g/mol. The molecule has 3 heteroatoms. The van der Waals surface area contributed by atoms with E-state index in [1.54, 1.807) is 12.1 Å². The predicted octanol–water partition coefficient (Wildman–Crippen LogP) is 4.13. The molecule has 2 aromatic rings. The lowest BCUT2D eigenvalue weighted by Crippen LogP contribution is -2.00. The predicted molar refractivity (Wildman–Crippen MR) is 87.2 cm³/mol. The minimum absolute atomic E-state index is 0.517. The van der Waals surface area contributed by atoms with Gasteiger partial charge in [-0.25, -0.2) is 0 Å². The first kappa shape index (κ1) is 15.5. The van der Waals surface area contributed by atoms with Crippen LogP contribution in [0.4, 0.5) is 0 Å². The van der Waals surface area contributed by atoms with E-state index in [0.29, 0.717) is 23.0 Å². The molecule has 0 spiro atoms. The average Bonchev–Trinajstić information content (AvgIpc) is 2.48. The Morgan fingerprint density at radius 3 is 1.86 bits per heavy atom. The van der Waals surface area contributed by atoms with Crippen LogP contribution in [0.25, 0.3) is 0 Å². The average molecular weight is 297 g/mol. The van der Waals surface area contributed by atoms with Crippen molar-refractivity contribution in [3.05, 3.63) is 70.8 Å². The molecule has 0 fully saturated rings. The van der Waals surface area contributed by atoms with Crippen LogP contribution < -0.4 is 0 Å². The van der Waals surface area contributed by atoms with Crippen molar-refractivity contribution >= 4 is 10.8 Å². The van der Waals surface area contributed by atoms with E-state index in [4.69, 9.17) is 5.26 Å². The topological polar surface area (TPSA) is 40.9 Å². The highest BCUT2D eigenvalue weighted by atomic mass is 32.2. The van der Waals surface area contributed by atoms with Gasteiger partial charge in [0, 0.05) is 22.3 Å². The third-order valence-corrected chi connectivity index (χ3v) is 4.70. The number of rotatable bonds is 5. The third-order valence-electron chi connectivity index (χ3n) is 3.38. The molecule has 0 aliphatic rings. The first-order chi connectivity index (χ1) is 10.1. The number of benzene rings is 2. The second kappa shape index (κ2) is 7.19. The molecule has 21 heavy (non-hydrogen) atoms. The van der Waals surface area contributed by atoms with Crippen LogP contribution in [0, 0.1) is 11.3 Å². The Morgan fingerprint density at radius 1 is 0.952 bits per heavy atom. The standard InChI is InChI=1S/C18H19NOS/c1-14(2)18-9-7-17(8-10-18)13-21(20)12-16-5-3-15(11-19)4-6-16/h3-10,14H,12-13H2,1-2H3. The summed E-state index contributed by atoms with van der Waals surface area (Å²) in [4.78, 5) is 0. The van der Waals surface area contributed by atoms with Crippen molar-refractivity contribution < 1.29 is 4.21 Å². The Balaban J connectivity index is 1.96. The molecule has 0 bridgehead atoms. The lowest BCUT2D eigenvalue weighted by Gasteiger charge is -2.07. The first-order valence-electron chi connectivity index (χ1n) is 7.01. The summed E-state index contributed by atoms with van der Waals surface area (Å²) in [6, 6.07) is 17.7. The van der Waals surface area contributed by atoms with E-state index < -0.39 is 10.8 Å². The largest absolute Gasteiger partial charge is 0.259 e. The van der Waals surface area contributed by atoms with Crippen molar-refractivity contribution in [2.45, 2.75) is 31.3 Å². The molecule has 108 valence electrons. The Kier molecular flexibility index (Phi) is 5.30. The smallest absolute Gasteiger partial charge is 0.0991 e. The minimum Gasteiger partial charge on any atom is -0.259 e. The van der Waals surface area contributed by atoms with Crippen LogP contribution in [0.2, 0.25) is 0 Å². The summed E-state index contributed by atoms with van der Waals surface area (Å²) in [5.74, 6) is 1.61. The van der Waals surface area contributed by atoms with Crippen molar-refractivity contribution in [3.8, 4) is 6.07 Å². The molecule has 1 unspecified atom stereocenters. The van der Waals surface area contributed by atoms with Gasteiger partial charge in [-0.2, -0.15) is 5.26 Å². The number of nitrogens with zero attached hydrogens (tertiary/aromatic N) is 1. The van der Waals surface area contributed by atoms with Gasteiger partial charge < -0.3 is 0 Å². The third kappa shape index (κ3) is 4.54. The number of hydrogen-bond acceptors (Lipinski definition) is 2. The van der Waals surface area contributed by atoms with Gasteiger partial charge in [-0.05, 0) is 34.7 Å². The quantitative estimate of drug-likeness (QED) is 0.832. The molecule has 0 aromatic heterocycles. The van der Waals surface area contributed by atoms with Crippen LogP contribution in [-0.4, -0.2) is 4.21 Å². The summed E-state index contributed by atoms with van der Waals surface area (Å²) in [6.45, 7) is 4.33. The van der Waals surface area contributed by atoms with E-state index in [1.807, 2.05) is 12.1 Å². The molecule has 0 radical (unpaired) electrons. The van der Waals surface area contributed by atoms with E-state index in [0.717, 1.165) is 11.1 Å². The normalized spacial score (nSPS) is 12.1. The van der Waals surface area contributed by atoms with Crippen molar-refractivity contribution in [1.82, 2.24) is 0 Å². The van der Waals surface area contributed by atoms with Gasteiger partial charge in [0.25, 0.3) is 0 Å². The Labute approximate surface area is 128 Å². The van der Waals surface area contributed by atoms with Gasteiger partial charge in [-0.15, -0.1) is 0 Å². The summed E-state index contributed by atoms with van der Waals surface area (Å²) in [7, 11) is -0.931. The second-order valence-corrected chi connectivity index (χ2v) is 6.89. The van der Waals surface area contributed by atoms with Crippen LogP contribution in [0.3, 0.4) is 0 Å². The number of hydrogen-bond donors (Lipinski definition) is 0. The SMILES string of the molecule is CC(C)c1ccc(CS(=O)Cc2ccc(C#N)cc2)cc1. The zero-order chi connectivity index (χ0) is 15.2. The highest BCUT2D eigenvalue weighted by molar-refractivity contribution is 7.83. The fourth-order valence-electron chi connectivity index (χ4n) is 2.10. The molecule has 0 heterocycles. The molecule has 0 aliphatic carbocycles. The molecule has 2 nitrogen and oxygen atoms in total. The zero-order valence-electron chi connectivity index (χ0n) is 12.4. The van der Waals surface area contributed by atoms with Crippen molar-refractivity contribution in [2.24, 2.45) is 0 Å². The highest BCUT2D eigenvalue weighted by Gasteiger charge is 2.05. The summed E-state index contributed by atoms with van der Waals surface area (Å²) < 4.78 is 12.2. The van der Waals surface area contributed by atoms with E-state index in [9.17, 15) is 4.21 Å². The maximum Gasteiger partial charge on any atom is 0.0991 e. The van der Waals surface area contributed by atoms with Crippen molar-refractivity contribution in [2.75, 3.05) is 0 Å². The molecule has 0 N–H and O–H groups in total. The molecular formula is C18H19NOS. The van der Waals surface area contributed by atoms with Gasteiger partial charge in [0.2, 0.25) is 0 Å². The van der Waals surface area contributed by atoms with Crippen LogP contribution in [0.1, 0.15) is 42.0 Å². The fourth-order valence-corrected chi connectivity index (χ4v) is 3.33. The Hall–Kier alpha value is -1.92.